The first kappa shape index (κ1) is 25.3. The molecule has 0 radical (unpaired) electrons. The van der Waals surface area contributed by atoms with Crippen LogP contribution >= 0.6 is 11.3 Å². The number of carbonyl (C=O) groups excluding carboxylic acids is 3. The standard InChI is InChI=1S/C25H31N5O3S/c1-2-21(31)11-7-4-8-12-22(29-23(32)16-30-14-13-26-18-30)24(33)27-15-20-17-34-25(28-20)19-9-5-3-6-10-19/h3,5-6,9-10,13-14,17-18,22H,2,4,7-8,11-12,15-16H2,1H3,(H,27,33)(H,29,32). The highest BCUT2D eigenvalue weighted by atomic mass is 32.1. The van der Waals surface area contributed by atoms with Gasteiger partial charge in [-0.05, 0) is 12.8 Å². The zero-order valence-corrected chi connectivity index (χ0v) is 20.2. The molecule has 0 fully saturated rings. The number of nitrogens with one attached hydrogen (secondary N) is 2. The Bertz CT molecular complexity index is 1050. The summed E-state index contributed by atoms with van der Waals surface area (Å²) < 4.78 is 1.65. The molecule has 0 aliphatic heterocycles. The molecule has 0 bridgehead atoms. The Balaban J connectivity index is 1.53. The van der Waals surface area contributed by atoms with Crippen molar-refractivity contribution in [1.82, 2.24) is 25.2 Å². The summed E-state index contributed by atoms with van der Waals surface area (Å²) in [6, 6.07) is 9.25. The number of carbonyl (C=O) groups is 3. The minimum atomic E-state index is -0.648. The zero-order valence-electron chi connectivity index (χ0n) is 19.4. The van der Waals surface area contributed by atoms with Gasteiger partial charge in [-0.15, -0.1) is 11.3 Å². The third-order valence-corrected chi connectivity index (χ3v) is 6.34. The molecule has 34 heavy (non-hydrogen) atoms. The minimum absolute atomic E-state index is 0.0985. The van der Waals surface area contributed by atoms with Crippen LogP contribution in [0.25, 0.3) is 10.6 Å². The average Bonchev–Trinajstić information content (AvgIpc) is 3.54. The molecule has 3 rings (SSSR count). The maximum Gasteiger partial charge on any atom is 0.242 e. The van der Waals surface area contributed by atoms with Gasteiger partial charge in [-0.25, -0.2) is 9.97 Å². The van der Waals surface area contributed by atoms with Gasteiger partial charge < -0.3 is 15.2 Å². The van der Waals surface area contributed by atoms with Crippen LogP contribution in [0.15, 0.2) is 54.4 Å². The van der Waals surface area contributed by atoms with E-state index in [4.69, 9.17) is 0 Å². The van der Waals surface area contributed by atoms with Crippen molar-refractivity contribution < 1.29 is 14.4 Å². The lowest BCUT2D eigenvalue weighted by molar-refractivity contribution is -0.129. The molecule has 0 saturated carbocycles. The predicted octanol–water partition coefficient (Wildman–Crippen LogP) is 3.74. The van der Waals surface area contributed by atoms with Gasteiger partial charge in [0.05, 0.1) is 18.6 Å². The number of benzene rings is 1. The lowest BCUT2D eigenvalue weighted by atomic mass is 10.0. The number of thiazole rings is 1. The molecule has 0 saturated heterocycles. The zero-order chi connectivity index (χ0) is 24.2. The molecule has 8 nitrogen and oxygen atoms in total. The van der Waals surface area contributed by atoms with Gasteiger partial charge in [0.25, 0.3) is 0 Å². The Morgan fingerprint density at radius 3 is 2.68 bits per heavy atom. The van der Waals surface area contributed by atoms with E-state index < -0.39 is 6.04 Å². The molecule has 180 valence electrons. The molecule has 1 atom stereocenters. The number of ketones is 1. The van der Waals surface area contributed by atoms with E-state index in [-0.39, 0.29) is 24.1 Å². The highest BCUT2D eigenvalue weighted by Gasteiger charge is 2.21. The van der Waals surface area contributed by atoms with Crippen LogP contribution < -0.4 is 10.6 Å². The summed E-state index contributed by atoms with van der Waals surface area (Å²) in [4.78, 5) is 45.4. The Morgan fingerprint density at radius 2 is 1.94 bits per heavy atom. The summed E-state index contributed by atoms with van der Waals surface area (Å²) in [7, 11) is 0. The predicted molar refractivity (Wildman–Crippen MR) is 132 cm³/mol. The van der Waals surface area contributed by atoms with Gasteiger partial charge >= 0.3 is 0 Å². The number of hydrogen-bond donors (Lipinski definition) is 2. The third-order valence-electron chi connectivity index (χ3n) is 5.40. The first-order valence-corrected chi connectivity index (χ1v) is 12.5. The van der Waals surface area contributed by atoms with Crippen LogP contribution in [0, 0.1) is 0 Å². The van der Waals surface area contributed by atoms with E-state index in [0.29, 0.717) is 25.8 Å². The highest BCUT2D eigenvalue weighted by molar-refractivity contribution is 7.13. The summed E-state index contributed by atoms with van der Waals surface area (Å²) in [5.74, 6) is -0.238. The van der Waals surface area contributed by atoms with Crippen LogP contribution in [0.1, 0.15) is 51.1 Å². The number of imidazole rings is 1. The number of Topliss-reactive ketones (excluding diaryl/α,β-unsaturated/α-hetero) is 1. The Kier molecular flexibility index (Phi) is 9.97. The highest BCUT2D eigenvalue weighted by Crippen LogP contribution is 2.23. The Morgan fingerprint density at radius 1 is 1.12 bits per heavy atom. The fourth-order valence-corrected chi connectivity index (χ4v) is 4.31. The van der Waals surface area contributed by atoms with E-state index >= 15 is 0 Å². The van der Waals surface area contributed by atoms with Gasteiger partial charge in [-0.1, -0.05) is 50.1 Å². The van der Waals surface area contributed by atoms with Crippen LogP contribution in [0.3, 0.4) is 0 Å². The number of rotatable bonds is 14. The minimum Gasteiger partial charge on any atom is -0.349 e. The van der Waals surface area contributed by atoms with Crippen molar-refractivity contribution in [3.05, 3.63) is 60.1 Å². The molecule has 9 heteroatoms. The number of unbranched alkanes of at least 4 members (excludes halogenated alkanes) is 2. The Hall–Kier alpha value is -3.33. The van der Waals surface area contributed by atoms with Crippen molar-refractivity contribution in [1.29, 1.82) is 0 Å². The van der Waals surface area contributed by atoms with Crippen LogP contribution in [0.4, 0.5) is 0 Å². The molecule has 3 aromatic rings. The molecule has 0 spiro atoms. The van der Waals surface area contributed by atoms with Crippen LogP contribution in [-0.2, 0) is 27.5 Å². The van der Waals surface area contributed by atoms with E-state index in [1.165, 1.54) is 11.3 Å². The fourth-order valence-electron chi connectivity index (χ4n) is 3.48. The molecule has 2 amide bonds. The average molecular weight is 482 g/mol. The summed E-state index contributed by atoms with van der Waals surface area (Å²) in [5, 5.41) is 8.59. The summed E-state index contributed by atoms with van der Waals surface area (Å²) in [6.07, 6.45) is 8.87. The lowest BCUT2D eigenvalue weighted by Gasteiger charge is -2.18. The third kappa shape index (κ3) is 8.22. The van der Waals surface area contributed by atoms with Crippen molar-refractivity contribution in [2.24, 2.45) is 0 Å². The van der Waals surface area contributed by atoms with Crippen molar-refractivity contribution >= 4 is 28.9 Å². The van der Waals surface area contributed by atoms with Gasteiger partial charge in [0.2, 0.25) is 11.8 Å². The number of nitrogens with zero attached hydrogens (tertiary/aromatic N) is 3. The molecule has 2 heterocycles. The molecular weight excluding hydrogens is 450 g/mol. The molecular formula is C25H31N5O3S. The Labute approximate surface area is 203 Å². The quantitative estimate of drug-likeness (QED) is 0.341. The van der Waals surface area contributed by atoms with Crippen molar-refractivity contribution in [3.8, 4) is 10.6 Å². The molecule has 2 N–H and O–H groups in total. The maximum absolute atomic E-state index is 12.9. The summed E-state index contributed by atoms with van der Waals surface area (Å²) in [6.45, 7) is 2.26. The second kappa shape index (κ2) is 13.4. The van der Waals surface area contributed by atoms with E-state index in [0.717, 1.165) is 35.5 Å². The smallest absolute Gasteiger partial charge is 0.242 e. The van der Waals surface area contributed by atoms with Gasteiger partial charge in [0, 0.05) is 36.2 Å². The largest absolute Gasteiger partial charge is 0.349 e. The summed E-state index contributed by atoms with van der Waals surface area (Å²) in [5.41, 5.74) is 1.81. The second-order valence-corrected chi connectivity index (χ2v) is 8.93. The van der Waals surface area contributed by atoms with E-state index in [1.54, 1.807) is 23.3 Å². The van der Waals surface area contributed by atoms with Crippen molar-refractivity contribution in [2.75, 3.05) is 0 Å². The van der Waals surface area contributed by atoms with Gasteiger partial charge in [0.15, 0.2) is 0 Å². The summed E-state index contributed by atoms with van der Waals surface area (Å²) >= 11 is 1.53. The van der Waals surface area contributed by atoms with Crippen LogP contribution in [-0.4, -0.2) is 38.2 Å². The lowest BCUT2D eigenvalue weighted by Crippen LogP contribution is -2.47. The number of hydrogen-bond acceptors (Lipinski definition) is 6. The van der Waals surface area contributed by atoms with Crippen LogP contribution in [0.2, 0.25) is 0 Å². The normalized spacial score (nSPS) is 11.7. The van der Waals surface area contributed by atoms with E-state index in [1.807, 2.05) is 42.6 Å². The van der Waals surface area contributed by atoms with E-state index in [2.05, 4.69) is 20.6 Å². The van der Waals surface area contributed by atoms with Crippen LogP contribution in [0.5, 0.6) is 0 Å². The molecule has 1 unspecified atom stereocenters. The number of aromatic nitrogens is 3. The van der Waals surface area contributed by atoms with Gasteiger partial charge in [-0.3, -0.25) is 14.4 Å². The van der Waals surface area contributed by atoms with Gasteiger partial charge in [0.1, 0.15) is 23.4 Å². The fraction of sp³-hybridized carbons (Fsp3) is 0.400. The maximum atomic E-state index is 12.9. The molecule has 1 aromatic carbocycles. The monoisotopic (exact) mass is 481 g/mol. The SMILES string of the molecule is CCC(=O)CCCCCC(NC(=O)Cn1ccnc1)C(=O)NCc1csc(-c2ccccc2)n1. The van der Waals surface area contributed by atoms with Gasteiger partial charge in [-0.2, -0.15) is 0 Å². The topological polar surface area (TPSA) is 106 Å². The van der Waals surface area contributed by atoms with Crippen molar-refractivity contribution in [3.63, 3.8) is 0 Å². The number of amides is 2. The molecule has 2 aromatic heterocycles. The van der Waals surface area contributed by atoms with Crippen molar-refractivity contribution in [2.45, 2.75) is 64.6 Å². The first-order valence-electron chi connectivity index (χ1n) is 11.6. The molecule has 0 aliphatic rings. The van der Waals surface area contributed by atoms with E-state index in [9.17, 15) is 14.4 Å². The second-order valence-electron chi connectivity index (χ2n) is 8.07. The molecule has 0 aliphatic carbocycles. The first-order chi connectivity index (χ1) is 16.5.